The summed E-state index contributed by atoms with van der Waals surface area (Å²) in [6.07, 6.45) is 1.36. The van der Waals surface area contributed by atoms with Crippen LogP contribution in [0.3, 0.4) is 0 Å². The molecule has 2 aromatic rings. The van der Waals surface area contributed by atoms with E-state index in [2.05, 4.69) is 10.3 Å². The Hall–Kier alpha value is -2.62. The summed E-state index contributed by atoms with van der Waals surface area (Å²) in [4.78, 5) is 28.1. The van der Waals surface area contributed by atoms with Gasteiger partial charge in [-0.1, -0.05) is 0 Å². The third-order valence-electron chi connectivity index (χ3n) is 2.94. The largest absolute Gasteiger partial charge is 0.383 e. The van der Waals surface area contributed by atoms with Crippen LogP contribution in [0.5, 0.6) is 0 Å². The molecule has 0 aliphatic heterocycles. The maximum atomic E-state index is 12.2. The molecule has 0 saturated carbocycles. The highest BCUT2D eigenvalue weighted by molar-refractivity contribution is 5.91. The zero-order valence-corrected chi connectivity index (χ0v) is 10.9. The van der Waals surface area contributed by atoms with Gasteiger partial charge in [0.2, 0.25) is 0 Å². The molecule has 2 aromatic heterocycles. The minimum Gasteiger partial charge on any atom is -0.383 e. The quantitative estimate of drug-likeness (QED) is 0.815. The SMILES string of the molecule is CCNc1c(C#N)cnc2c1c(=O)n(C)c(=O)n2C. The molecular formula is C12H13N5O2. The number of nitrogens with zero attached hydrogens (tertiary/aromatic N) is 4. The van der Waals surface area contributed by atoms with Gasteiger partial charge in [-0.15, -0.1) is 0 Å². The third kappa shape index (κ3) is 1.78. The molecule has 0 unspecified atom stereocenters. The van der Waals surface area contributed by atoms with E-state index in [9.17, 15) is 9.59 Å². The molecule has 0 atom stereocenters. The highest BCUT2D eigenvalue weighted by Gasteiger charge is 2.16. The van der Waals surface area contributed by atoms with E-state index in [0.29, 0.717) is 12.2 Å². The van der Waals surface area contributed by atoms with Crippen molar-refractivity contribution >= 4 is 16.7 Å². The summed E-state index contributed by atoms with van der Waals surface area (Å²) in [6, 6.07) is 1.99. The summed E-state index contributed by atoms with van der Waals surface area (Å²) >= 11 is 0. The van der Waals surface area contributed by atoms with Crippen LogP contribution in [0.15, 0.2) is 15.8 Å². The van der Waals surface area contributed by atoms with Crippen molar-refractivity contribution in [2.45, 2.75) is 6.92 Å². The summed E-state index contributed by atoms with van der Waals surface area (Å²) < 4.78 is 2.30. The molecule has 0 fully saturated rings. The third-order valence-corrected chi connectivity index (χ3v) is 2.94. The number of anilines is 1. The second kappa shape index (κ2) is 4.57. The number of pyridine rings is 1. The standard InChI is InChI=1S/C12H13N5O2/c1-4-14-9-7(5-13)6-15-10-8(9)11(18)17(3)12(19)16(10)2/h6H,4H2,1-3H3,(H,14,15). The van der Waals surface area contributed by atoms with E-state index in [1.165, 1.54) is 17.8 Å². The Kier molecular flexibility index (Phi) is 3.09. The molecule has 98 valence electrons. The fourth-order valence-electron chi connectivity index (χ4n) is 1.97. The highest BCUT2D eigenvalue weighted by atomic mass is 16.2. The topological polar surface area (TPSA) is 92.7 Å². The van der Waals surface area contributed by atoms with Gasteiger partial charge in [0.1, 0.15) is 11.5 Å². The van der Waals surface area contributed by atoms with Crippen LogP contribution < -0.4 is 16.6 Å². The summed E-state index contributed by atoms with van der Waals surface area (Å²) in [7, 11) is 2.94. The average molecular weight is 259 g/mol. The van der Waals surface area contributed by atoms with E-state index in [-0.39, 0.29) is 16.6 Å². The number of nitrogens with one attached hydrogen (secondary N) is 1. The molecule has 0 aliphatic rings. The summed E-state index contributed by atoms with van der Waals surface area (Å²) in [5.74, 6) is 0. The van der Waals surface area contributed by atoms with Crippen molar-refractivity contribution in [3.8, 4) is 6.07 Å². The van der Waals surface area contributed by atoms with Crippen LogP contribution >= 0.6 is 0 Å². The van der Waals surface area contributed by atoms with Crippen LogP contribution in [-0.4, -0.2) is 20.7 Å². The Morgan fingerprint density at radius 1 is 1.37 bits per heavy atom. The Balaban J connectivity index is 3.10. The van der Waals surface area contributed by atoms with Gasteiger partial charge >= 0.3 is 5.69 Å². The lowest BCUT2D eigenvalue weighted by molar-refractivity contribution is 0.707. The maximum absolute atomic E-state index is 12.2. The van der Waals surface area contributed by atoms with Gasteiger partial charge in [0, 0.05) is 26.8 Å². The molecule has 19 heavy (non-hydrogen) atoms. The molecule has 0 aliphatic carbocycles. The van der Waals surface area contributed by atoms with Gasteiger partial charge in [-0.25, -0.2) is 9.78 Å². The fraction of sp³-hybridized carbons (Fsp3) is 0.333. The molecule has 0 radical (unpaired) electrons. The molecule has 2 rings (SSSR count). The van der Waals surface area contributed by atoms with Crippen LogP contribution in [0, 0.1) is 11.3 Å². The van der Waals surface area contributed by atoms with Crippen LogP contribution in [0.25, 0.3) is 11.0 Å². The maximum Gasteiger partial charge on any atom is 0.332 e. The highest BCUT2D eigenvalue weighted by Crippen LogP contribution is 2.21. The molecule has 7 heteroatoms. The number of aryl methyl sites for hydroxylation is 1. The van der Waals surface area contributed by atoms with E-state index >= 15 is 0 Å². The number of rotatable bonds is 2. The first-order valence-corrected chi connectivity index (χ1v) is 5.75. The van der Waals surface area contributed by atoms with Crippen molar-refractivity contribution in [1.82, 2.24) is 14.1 Å². The number of hydrogen-bond acceptors (Lipinski definition) is 5. The molecule has 0 bridgehead atoms. The van der Waals surface area contributed by atoms with Crippen molar-refractivity contribution in [3.63, 3.8) is 0 Å². The summed E-state index contributed by atoms with van der Waals surface area (Å²) in [6.45, 7) is 2.42. The first-order valence-electron chi connectivity index (χ1n) is 5.75. The first kappa shape index (κ1) is 12.8. The zero-order valence-electron chi connectivity index (χ0n) is 10.9. The van der Waals surface area contributed by atoms with Gasteiger partial charge in [0.15, 0.2) is 5.65 Å². The van der Waals surface area contributed by atoms with Crippen LogP contribution in [0.2, 0.25) is 0 Å². The van der Waals surface area contributed by atoms with Crippen molar-refractivity contribution in [1.29, 1.82) is 5.26 Å². The Labute approximate surface area is 108 Å². The normalized spacial score (nSPS) is 10.4. The number of aromatic nitrogens is 3. The Morgan fingerprint density at radius 3 is 2.63 bits per heavy atom. The number of fused-ring (bicyclic) bond motifs is 1. The van der Waals surface area contributed by atoms with E-state index in [1.807, 2.05) is 13.0 Å². The number of hydrogen-bond donors (Lipinski definition) is 1. The summed E-state index contributed by atoms with van der Waals surface area (Å²) in [5.41, 5.74) is 0.0650. The first-order chi connectivity index (χ1) is 9.02. The molecule has 0 aromatic carbocycles. The van der Waals surface area contributed by atoms with Gasteiger partial charge < -0.3 is 5.32 Å². The Bertz CT molecular complexity index is 810. The fourth-order valence-corrected chi connectivity index (χ4v) is 1.97. The van der Waals surface area contributed by atoms with Gasteiger partial charge in [0.05, 0.1) is 11.3 Å². The van der Waals surface area contributed by atoms with Crippen LogP contribution in [0.4, 0.5) is 5.69 Å². The predicted molar refractivity (Wildman–Crippen MR) is 71.1 cm³/mol. The second-order valence-corrected chi connectivity index (χ2v) is 4.09. The molecule has 7 nitrogen and oxygen atoms in total. The lowest BCUT2D eigenvalue weighted by Gasteiger charge is -2.12. The average Bonchev–Trinajstić information content (AvgIpc) is 2.42. The van der Waals surface area contributed by atoms with Gasteiger partial charge in [-0.2, -0.15) is 5.26 Å². The molecule has 1 N–H and O–H groups in total. The van der Waals surface area contributed by atoms with Crippen molar-refractivity contribution in [2.24, 2.45) is 14.1 Å². The smallest absolute Gasteiger partial charge is 0.332 e. The zero-order chi connectivity index (χ0) is 14.2. The van der Waals surface area contributed by atoms with Gasteiger partial charge in [-0.05, 0) is 6.92 Å². The summed E-state index contributed by atoms with van der Waals surface area (Å²) in [5, 5.41) is 12.3. The van der Waals surface area contributed by atoms with E-state index in [0.717, 1.165) is 4.57 Å². The minimum atomic E-state index is -0.460. The Morgan fingerprint density at radius 2 is 2.05 bits per heavy atom. The minimum absolute atomic E-state index is 0.255. The number of nitriles is 1. The van der Waals surface area contributed by atoms with E-state index < -0.39 is 11.2 Å². The molecular weight excluding hydrogens is 246 g/mol. The van der Waals surface area contributed by atoms with E-state index in [1.54, 1.807) is 7.05 Å². The van der Waals surface area contributed by atoms with E-state index in [4.69, 9.17) is 5.26 Å². The van der Waals surface area contributed by atoms with Crippen molar-refractivity contribution in [3.05, 3.63) is 32.6 Å². The monoisotopic (exact) mass is 259 g/mol. The molecule has 2 heterocycles. The molecule has 0 spiro atoms. The van der Waals surface area contributed by atoms with Crippen LogP contribution in [-0.2, 0) is 14.1 Å². The van der Waals surface area contributed by atoms with Crippen molar-refractivity contribution < 1.29 is 0 Å². The van der Waals surface area contributed by atoms with Crippen LogP contribution in [0.1, 0.15) is 12.5 Å². The molecule has 0 saturated heterocycles. The molecule has 0 amide bonds. The second-order valence-electron chi connectivity index (χ2n) is 4.09. The van der Waals surface area contributed by atoms with Crippen molar-refractivity contribution in [2.75, 3.05) is 11.9 Å². The van der Waals surface area contributed by atoms with Gasteiger partial charge in [-0.3, -0.25) is 13.9 Å². The predicted octanol–water partition coefficient (Wildman–Crippen LogP) is -0.0643. The van der Waals surface area contributed by atoms with Gasteiger partial charge in [0.25, 0.3) is 5.56 Å². The lowest BCUT2D eigenvalue weighted by Crippen LogP contribution is -2.37. The lowest BCUT2D eigenvalue weighted by atomic mass is 10.2.